The number of ether oxygens (including phenoxy) is 3. The van der Waals surface area contributed by atoms with E-state index < -0.39 is 11.9 Å². The number of carbonyl (C=O) groups is 3. The lowest BCUT2D eigenvalue weighted by Crippen LogP contribution is -2.41. The Balaban J connectivity index is 3.06. The van der Waals surface area contributed by atoms with Crippen LogP contribution >= 0.6 is 0 Å². The van der Waals surface area contributed by atoms with E-state index in [4.69, 9.17) is 14.2 Å². The normalized spacial score (nSPS) is 10.7. The molecule has 0 bridgehead atoms. The van der Waals surface area contributed by atoms with E-state index in [-0.39, 0.29) is 37.4 Å². The van der Waals surface area contributed by atoms with E-state index in [1.807, 2.05) is 13.8 Å². The molecule has 1 aromatic heterocycles. The fourth-order valence-corrected chi connectivity index (χ4v) is 2.54. The first-order valence-corrected chi connectivity index (χ1v) is 8.56. The molecule has 0 aromatic carbocycles. The number of nitrogens with zero attached hydrogens (tertiary/aromatic N) is 1. The van der Waals surface area contributed by atoms with Gasteiger partial charge in [0.1, 0.15) is 18.8 Å². The van der Waals surface area contributed by atoms with Gasteiger partial charge in [-0.05, 0) is 40.2 Å². The van der Waals surface area contributed by atoms with Crippen LogP contribution in [0.15, 0.2) is 0 Å². The summed E-state index contributed by atoms with van der Waals surface area (Å²) in [4.78, 5) is 41.3. The smallest absolute Gasteiger partial charge is 0.340 e. The molecule has 1 N–H and O–H groups in total. The highest BCUT2D eigenvalue weighted by Crippen LogP contribution is 2.21. The third-order valence-corrected chi connectivity index (χ3v) is 3.87. The number of methoxy groups -OCH3 is 1. The Bertz CT molecular complexity index is 650. The molecule has 0 saturated carbocycles. The van der Waals surface area contributed by atoms with E-state index in [1.54, 1.807) is 20.8 Å². The highest BCUT2D eigenvalue weighted by molar-refractivity contribution is 6.01. The van der Waals surface area contributed by atoms with E-state index in [9.17, 15) is 14.4 Å². The molecule has 0 atom stereocenters. The molecule has 0 spiro atoms. The minimum Gasteiger partial charge on any atom is -0.465 e. The Morgan fingerprint density at radius 3 is 2.31 bits per heavy atom. The summed E-state index contributed by atoms with van der Waals surface area (Å²) in [5, 5.41) is 0. The first-order chi connectivity index (χ1) is 12.2. The van der Waals surface area contributed by atoms with Gasteiger partial charge >= 0.3 is 11.9 Å². The summed E-state index contributed by atoms with van der Waals surface area (Å²) in [5.41, 5.74) is 1.61. The molecule has 8 nitrogen and oxygen atoms in total. The van der Waals surface area contributed by atoms with Gasteiger partial charge in [0.05, 0.1) is 18.8 Å². The maximum absolute atomic E-state index is 12.9. The Hall–Kier alpha value is -2.35. The maximum atomic E-state index is 12.9. The summed E-state index contributed by atoms with van der Waals surface area (Å²) in [5.74, 6) is -1.37. The van der Waals surface area contributed by atoms with Crippen LogP contribution in [0.3, 0.4) is 0 Å². The predicted molar refractivity (Wildman–Crippen MR) is 95.2 cm³/mol. The maximum Gasteiger partial charge on any atom is 0.340 e. The summed E-state index contributed by atoms with van der Waals surface area (Å²) < 4.78 is 14.9. The molecule has 0 fully saturated rings. The number of aromatic amines is 1. The number of rotatable bonds is 9. The predicted octanol–water partition coefficient (Wildman–Crippen LogP) is 1.85. The number of esters is 2. The third-order valence-electron chi connectivity index (χ3n) is 3.87. The fraction of sp³-hybridized carbons (Fsp3) is 0.611. The van der Waals surface area contributed by atoms with Crippen molar-refractivity contribution in [2.24, 2.45) is 0 Å². The average Bonchev–Trinajstić information content (AvgIpc) is 2.86. The molecule has 8 heteroatoms. The minimum absolute atomic E-state index is 0.129. The molecule has 0 aliphatic carbocycles. The van der Waals surface area contributed by atoms with Crippen molar-refractivity contribution < 1.29 is 28.6 Å². The van der Waals surface area contributed by atoms with Crippen LogP contribution in [-0.4, -0.2) is 67.2 Å². The molecule has 26 heavy (non-hydrogen) atoms. The zero-order valence-electron chi connectivity index (χ0n) is 16.3. The molecule has 1 heterocycles. The van der Waals surface area contributed by atoms with Crippen molar-refractivity contribution in [3.63, 3.8) is 0 Å². The Kier molecular flexibility index (Phi) is 8.31. The Morgan fingerprint density at radius 1 is 1.12 bits per heavy atom. The van der Waals surface area contributed by atoms with Gasteiger partial charge in [0.15, 0.2) is 0 Å². The molecule has 0 aliphatic rings. The summed E-state index contributed by atoms with van der Waals surface area (Å²) in [6.07, 6.45) is 0. The standard InChI is InChI=1S/C18H28N2O6/c1-7-25-14(21)10-20(11(2)3)17(22)16-12(4)15(13(5)19-16)18(23)26-9-8-24-6/h11,19H,7-10H2,1-6H3. The number of amides is 1. The van der Waals surface area contributed by atoms with Crippen molar-refractivity contribution in [2.75, 3.05) is 33.5 Å². The summed E-state index contributed by atoms with van der Waals surface area (Å²) in [6, 6.07) is -0.216. The van der Waals surface area contributed by atoms with Gasteiger partial charge in [-0.2, -0.15) is 0 Å². The van der Waals surface area contributed by atoms with Crippen LogP contribution < -0.4 is 0 Å². The number of aryl methyl sites for hydroxylation is 1. The summed E-state index contributed by atoms with van der Waals surface area (Å²) in [6.45, 7) is 9.20. The van der Waals surface area contributed by atoms with Gasteiger partial charge in [0, 0.05) is 18.8 Å². The molecule has 0 unspecified atom stereocenters. The van der Waals surface area contributed by atoms with Crippen LogP contribution in [0.1, 0.15) is 52.9 Å². The topological polar surface area (TPSA) is 97.9 Å². The highest BCUT2D eigenvalue weighted by Gasteiger charge is 2.28. The second kappa shape index (κ2) is 9.96. The molecule has 0 radical (unpaired) electrons. The number of aromatic nitrogens is 1. The molecule has 0 aliphatic heterocycles. The van der Waals surface area contributed by atoms with Crippen molar-refractivity contribution in [1.82, 2.24) is 9.88 Å². The molecule has 1 amide bonds. The van der Waals surface area contributed by atoms with E-state index in [1.165, 1.54) is 12.0 Å². The van der Waals surface area contributed by atoms with E-state index in [0.29, 0.717) is 23.4 Å². The van der Waals surface area contributed by atoms with Gasteiger partial charge in [-0.15, -0.1) is 0 Å². The van der Waals surface area contributed by atoms with E-state index in [0.717, 1.165) is 0 Å². The van der Waals surface area contributed by atoms with Gasteiger partial charge < -0.3 is 24.1 Å². The Labute approximate surface area is 153 Å². The van der Waals surface area contributed by atoms with Gasteiger partial charge in [-0.25, -0.2) is 4.79 Å². The zero-order chi connectivity index (χ0) is 19.9. The van der Waals surface area contributed by atoms with E-state index >= 15 is 0 Å². The van der Waals surface area contributed by atoms with Crippen molar-refractivity contribution in [3.8, 4) is 0 Å². The quantitative estimate of drug-likeness (QED) is 0.528. The Morgan fingerprint density at radius 2 is 1.77 bits per heavy atom. The van der Waals surface area contributed by atoms with Crippen LogP contribution in [-0.2, 0) is 19.0 Å². The number of nitrogens with one attached hydrogen (secondary N) is 1. The zero-order valence-corrected chi connectivity index (χ0v) is 16.3. The van der Waals surface area contributed by atoms with Crippen molar-refractivity contribution in [2.45, 2.75) is 40.7 Å². The van der Waals surface area contributed by atoms with Crippen molar-refractivity contribution in [3.05, 3.63) is 22.5 Å². The summed E-state index contributed by atoms with van der Waals surface area (Å²) >= 11 is 0. The fourth-order valence-electron chi connectivity index (χ4n) is 2.54. The SMILES string of the molecule is CCOC(=O)CN(C(=O)c1[nH]c(C)c(C(=O)OCCOC)c1C)C(C)C. The van der Waals surface area contributed by atoms with Crippen LogP contribution in [0.4, 0.5) is 0 Å². The van der Waals surface area contributed by atoms with Crippen LogP contribution in [0, 0.1) is 13.8 Å². The lowest BCUT2D eigenvalue weighted by molar-refractivity contribution is -0.144. The second-order valence-corrected chi connectivity index (χ2v) is 6.09. The number of carbonyl (C=O) groups excluding carboxylic acids is 3. The summed E-state index contributed by atoms with van der Waals surface area (Å²) in [7, 11) is 1.52. The van der Waals surface area contributed by atoms with Gasteiger partial charge in [0.25, 0.3) is 5.91 Å². The first-order valence-electron chi connectivity index (χ1n) is 8.56. The van der Waals surface area contributed by atoms with Gasteiger partial charge in [0.2, 0.25) is 0 Å². The van der Waals surface area contributed by atoms with Crippen molar-refractivity contribution >= 4 is 17.8 Å². The second-order valence-electron chi connectivity index (χ2n) is 6.09. The van der Waals surface area contributed by atoms with Crippen LogP contribution in [0.5, 0.6) is 0 Å². The van der Waals surface area contributed by atoms with Crippen LogP contribution in [0.25, 0.3) is 0 Å². The molecular formula is C18H28N2O6. The number of hydrogen-bond acceptors (Lipinski definition) is 6. The van der Waals surface area contributed by atoms with Gasteiger partial charge in [-0.3, -0.25) is 9.59 Å². The highest BCUT2D eigenvalue weighted by atomic mass is 16.6. The van der Waals surface area contributed by atoms with Crippen LogP contribution in [0.2, 0.25) is 0 Å². The molecule has 146 valence electrons. The minimum atomic E-state index is -0.520. The molecule has 1 aromatic rings. The average molecular weight is 368 g/mol. The molecule has 1 rings (SSSR count). The number of H-pyrrole nitrogens is 1. The largest absolute Gasteiger partial charge is 0.465 e. The molecule has 0 saturated heterocycles. The molecular weight excluding hydrogens is 340 g/mol. The van der Waals surface area contributed by atoms with Crippen molar-refractivity contribution in [1.29, 1.82) is 0 Å². The van der Waals surface area contributed by atoms with E-state index in [2.05, 4.69) is 4.98 Å². The lowest BCUT2D eigenvalue weighted by atomic mass is 10.1. The van der Waals surface area contributed by atoms with Gasteiger partial charge in [-0.1, -0.05) is 0 Å². The first kappa shape index (κ1) is 21.7. The number of hydrogen-bond donors (Lipinski definition) is 1. The lowest BCUT2D eigenvalue weighted by Gasteiger charge is -2.25. The monoisotopic (exact) mass is 368 g/mol. The third kappa shape index (κ3) is 5.32.